The minimum Gasteiger partial charge on any atom is -0.380 e. The van der Waals surface area contributed by atoms with Crippen LogP contribution in [0.25, 0.3) is 0 Å². The van der Waals surface area contributed by atoms with Gasteiger partial charge in [-0.1, -0.05) is 26.7 Å². The molecule has 1 aliphatic rings. The van der Waals surface area contributed by atoms with Gasteiger partial charge in [-0.25, -0.2) is 13.2 Å². The lowest BCUT2D eigenvalue weighted by atomic mass is 9.81. The van der Waals surface area contributed by atoms with Gasteiger partial charge in [0.25, 0.3) is 0 Å². The van der Waals surface area contributed by atoms with Crippen LogP contribution in [-0.4, -0.2) is 6.04 Å². The van der Waals surface area contributed by atoms with E-state index in [1.54, 1.807) is 0 Å². The van der Waals surface area contributed by atoms with E-state index >= 15 is 0 Å². The number of hydrogen-bond acceptors (Lipinski definition) is 1. The van der Waals surface area contributed by atoms with Crippen LogP contribution in [0.5, 0.6) is 0 Å². The second kappa shape index (κ2) is 6.51. The summed E-state index contributed by atoms with van der Waals surface area (Å²) in [5.41, 5.74) is -0.0577. The average molecular weight is 285 g/mol. The maximum atomic E-state index is 13.6. The SMILES string of the molecule is CC(C)CC1CCCC(Nc2cc(F)cc(F)c2F)C1. The molecule has 1 aliphatic carbocycles. The third kappa shape index (κ3) is 3.90. The van der Waals surface area contributed by atoms with E-state index in [2.05, 4.69) is 19.2 Å². The van der Waals surface area contributed by atoms with Crippen molar-refractivity contribution in [3.63, 3.8) is 0 Å². The first-order valence-corrected chi connectivity index (χ1v) is 7.36. The molecule has 0 saturated heterocycles. The van der Waals surface area contributed by atoms with Gasteiger partial charge in [-0.3, -0.25) is 0 Å². The molecule has 0 heterocycles. The zero-order valence-electron chi connectivity index (χ0n) is 12.1. The molecule has 2 atom stereocenters. The van der Waals surface area contributed by atoms with Gasteiger partial charge in [0, 0.05) is 18.2 Å². The summed E-state index contributed by atoms with van der Waals surface area (Å²) < 4.78 is 40.0. The molecular formula is C16H22F3N. The van der Waals surface area contributed by atoms with E-state index in [4.69, 9.17) is 0 Å². The Morgan fingerprint density at radius 1 is 1.20 bits per heavy atom. The summed E-state index contributed by atoms with van der Waals surface area (Å²) in [6, 6.07) is 1.70. The summed E-state index contributed by atoms with van der Waals surface area (Å²) in [5.74, 6) is -1.62. The number of benzene rings is 1. The van der Waals surface area contributed by atoms with Crippen LogP contribution in [0.2, 0.25) is 0 Å². The largest absolute Gasteiger partial charge is 0.380 e. The quantitative estimate of drug-likeness (QED) is 0.757. The highest BCUT2D eigenvalue weighted by Gasteiger charge is 2.24. The third-order valence-corrected chi connectivity index (χ3v) is 3.94. The molecule has 1 aromatic carbocycles. The normalized spacial score (nSPS) is 23.1. The summed E-state index contributed by atoms with van der Waals surface area (Å²) in [4.78, 5) is 0. The van der Waals surface area contributed by atoms with Gasteiger partial charge in [-0.15, -0.1) is 0 Å². The molecule has 2 unspecified atom stereocenters. The second-order valence-corrected chi connectivity index (χ2v) is 6.25. The Morgan fingerprint density at radius 2 is 1.95 bits per heavy atom. The number of rotatable bonds is 4. The molecule has 0 radical (unpaired) electrons. The third-order valence-electron chi connectivity index (χ3n) is 3.94. The summed E-state index contributed by atoms with van der Waals surface area (Å²) in [6.07, 6.45) is 5.28. The first-order valence-electron chi connectivity index (χ1n) is 7.36. The lowest BCUT2D eigenvalue weighted by Crippen LogP contribution is -2.28. The second-order valence-electron chi connectivity index (χ2n) is 6.25. The fraction of sp³-hybridized carbons (Fsp3) is 0.625. The van der Waals surface area contributed by atoms with Crippen LogP contribution >= 0.6 is 0 Å². The maximum Gasteiger partial charge on any atom is 0.182 e. The van der Waals surface area contributed by atoms with E-state index < -0.39 is 17.5 Å². The smallest absolute Gasteiger partial charge is 0.182 e. The van der Waals surface area contributed by atoms with Crippen LogP contribution in [0.4, 0.5) is 18.9 Å². The predicted molar refractivity (Wildman–Crippen MR) is 75.1 cm³/mol. The highest BCUT2D eigenvalue weighted by atomic mass is 19.2. The molecule has 1 aromatic rings. The van der Waals surface area contributed by atoms with Crippen molar-refractivity contribution in [3.8, 4) is 0 Å². The molecule has 0 amide bonds. The predicted octanol–water partition coefficient (Wildman–Crippen LogP) is 5.12. The van der Waals surface area contributed by atoms with Crippen molar-refractivity contribution in [2.45, 2.75) is 52.0 Å². The van der Waals surface area contributed by atoms with Gasteiger partial charge in [-0.05, 0) is 31.1 Å². The molecule has 2 rings (SSSR count). The zero-order valence-corrected chi connectivity index (χ0v) is 12.1. The van der Waals surface area contributed by atoms with Crippen molar-refractivity contribution < 1.29 is 13.2 Å². The summed E-state index contributed by atoms with van der Waals surface area (Å²) in [5, 5.41) is 2.98. The van der Waals surface area contributed by atoms with Gasteiger partial charge < -0.3 is 5.32 Å². The van der Waals surface area contributed by atoms with Crippen LogP contribution in [0.3, 0.4) is 0 Å². The molecule has 20 heavy (non-hydrogen) atoms. The molecule has 1 fully saturated rings. The van der Waals surface area contributed by atoms with Crippen LogP contribution in [0.1, 0.15) is 46.0 Å². The standard InChI is InChI=1S/C16H22F3N/c1-10(2)6-11-4-3-5-13(7-11)20-15-9-12(17)8-14(18)16(15)19/h8-11,13,20H,3-7H2,1-2H3. The number of anilines is 1. The van der Waals surface area contributed by atoms with Crippen molar-refractivity contribution in [2.24, 2.45) is 11.8 Å². The molecule has 0 bridgehead atoms. The van der Waals surface area contributed by atoms with Gasteiger partial charge in [0.15, 0.2) is 11.6 Å². The van der Waals surface area contributed by atoms with E-state index in [0.717, 1.165) is 31.7 Å². The molecule has 112 valence electrons. The van der Waals surface area contributed by atoms with Crippen LogP contribution < -0.4 is 5.32 Å². The summed E-state index contributed by atoms with van der Waals surface area (Å²) in [6.45, 7) is 4.39. The van der Waals surface area contributed by atoms with Gasteiger partial charge in [0.1, 0.15) is 5.82 Å². The monoisotopic (exact) mass is 285 g/mol. The Labute approximate surface area is 118 Å². The summed E-state index contributed by atoms with van der Waals surface area (Å²) in [7, 11) is 0. The highest BCUT2D eigenvalue weighted by Crippen LogP contribution is 2.32. The van der Waals surface area contributed by atoms with Crippen molar-refractivity contribution in [2.75, 3.05) is 5.32 Å². The minimum atomic E-state index is -1.14. The van der Waals surface area contributed by atoms with E-state index in [0.29, 0.717) is 17.9 Å². The Kier molecular flexibility index (Phi) is 4.95. The lowest BCUT2D eigenvalue weighted by Gasteiger charge is -2.31. The van der Waals surface area contributed by atoms with E-state index in [1.165, 1.54) is 6.42 Å². The van der Waals surface area contributed by atoms with Crippen molar-refractivity contribution >= 4 is 5.69 Å². The molecular weight excluding hydrogens is 263 g/mol. The molecule has 0 aliphatic heterocycles. The molecule has 0 aromatic heterocycles. The van der Waals surface area contributed by atoms with Crippen molar-refractivity contribution in [1.82, 2.24) is 0 Å². The zero-order chi connectivity index (χ0) is 14.7. The number of nitrogens with one attached hydrogen (secondary N) is 1. The van der Waals surface area contributed by atoms with Crippen LogP contribution in [0.15, 0.2) is 12.1 Å². The molecule has 1 nitrogen and oxygen atoms in total. The Bertz CT molecular complexity index is 459. The first-order chi connectivity index (χ1) is 9.45. The highest BCUT2D eigenvalue weighted by molar-refractivity contribution is 5.46. The first kappa shape index (κ1) is 15.2. The molecule has 0 spiro atoms. The Morgan fingerprint density at radius 3 is 2.65 bits per heavy atom. The van der Waals surface area contributed by atoms with Crippen LogP contribution in [0, 0.1) is 29.3 Å². The van der Waals surface area contributed by atoms with E-state index in [9.17, 15) is 13.2 Å². The topological polar surface area (TPSA) is 12.0 Å². The van der Waals surface area contributed by atoms with Gasteiger partial charge in [-0.2, -0.15) is 0 Å². The summed E-state index contributed by atoms with van der Waals surface area (Å²) >= 11 is 0. The molecule has 4 heteroatoms. The van der Waals surface area contributed by atoms with Gasteiger partial charge in [0.05, 0.1) is 5.69 Å². The lowest BCUT2D eigenvalue weighted by molar-refractivity contribution is 0.288. The average Bonchev–Trinajstić information content (AvgIpc) is 2.35. The molecule has 1 N–H and O–H groups in total. The van der Waals surface area contributed by atoms with Crippen LogP contribution in [-0.2, 0) is 0 Å². The Hall–Kier alpha value is -1.19. The maximum absolute atomic E-state index is 13.6. The van der Waals surface area contributed by atoms with Gasteiger partial charge in [0.2, 0.25) is 0 Å². The Balaban J connectivity index is 2.02. The van der Waals surface area contributed by atoms with Crippen molar-refractivity contribution in [1.29, 1.82) is 0 Å². The minimum absolute atomic E-state index is 0.0577. The van der Waals surface area contributed by atoms with E-state index in [1.807, 2.05) is 0 Å². The van der Waals surface area contributed by atoms with Gasteiger partial charge >= 0.3 is 0 Å². The number of hydrogen-bond donors (Lipinski definition) is 1. The fourth-order valence-electron chi connectivity index (χ4n) is 3.18. The van der Waals surface area contributed by atoms with E-state index in [-0.39, 0.29) is 11.7 Å². The van der Waals surface area contributed by atoms with Crippen molar-refractivity contribution in [3.05, 3.63) is 29.6 Å². The number of halogens is 3. The molecule has 1 saturated carbocycles. The fourth-order valence-corrected chi connectivity index (χ4v) is 3.18.